The summed E-state index contributed by atoms with van der Waals surface area (Å²) in [5.41, 5.74) is 5.30. The number of nitrogens with two attached hydrogens (primary N) is 1. The second-order valence-corrected chi connectivity index (χ2v) is 3.04. The molecular weight excluding hydrogens is 172 g/mol. The number of nitrogens with one attached hydrogen (secondary N) is 1. The van der Waals surface area contributed by atoms with E-state index in [0.717, 1.165) is 36.6 Å². The summed E-state index contributed by atoms with van der Waals surface area (Å²) >= 11 is 0. The minimum absolute atomic E-state index is 0.0359. The van der Waals surface area contributed by atoms with Gasteiger partial charge in [-0.15, -0.1) is 0 Å². The molecule has 0 rings (SSSR count). The van der Waals surface area contributed by atoms with E-state index < -0.39 is 0 Å². The Morgan fingerprint density at radius 1 is 1.50 bits per heavy atom. The van der Waals surface area contributed by atoms with Crippen molar-refractivity contribution < 1.29 is 9.16 Å². The smallest absolute Gasteiger partial charge is 0.149 e. The van der Waals surface area contributed by atoms with Gasteiger partial charge in [0.15, 0.2) is 0 Å². The second-order valence-electron chi connectivity index (χ2n) is 2.57. The molecule has 12 heavy (non-hydrogen) atoms. The second kappa shape index (κ2) is 9.15. The summed E-state index contributed by atoms with van der Waals surface area (Å²) in [6, 6.07) is 0. The summed E-state index contributed by atoms with van der Waals surface area (Å²) in [6.45, 7) is 5.21. The van der Waals surface area contributed by atoms with E-state index in [0.29, 0.717) is 6.54 Å². The average Bonchev–Trinajstić information content (AvgIpc) is 2.10. The Morgan fingerprint density at radius 3 is 2.83 bits per heavy atom. The van der Waals surface area contributed by atoms with Crippen molar-refractivity contribution in [1.29, 1.82) is 0 Å². The standard InChI is InChI=1S/C7H20N2O2Si/c1-7(11-12)10-6-2-4-9-5-3-8/h7,9H,2-6,8H2,1,12H3. The fourth-order valence-electron chi connectivity index (χ4n) is 0.742. The molecule has 0 aromatic heterocycles. The van der Waals surface area contributed by atoms with Crippen molar-refractivity contribution in [1.82, 2.24) is 5.32 Å². The average molecular weight is 192 g/mol. The maximum atomic E-state index is 5.31. The highest BCUT2D eigenvalue weighted by Crippen LogP contribution is 1.90. The zero-order valence-electron chi connectivity index (χ0n) is 8.01. The predicted molar refractivity (Wildman–Crippen MR) is 53.0 cm³/mol. The lowest BCUT2D eigenvalue weighted by Crippen LogP contribution is -2.24. The summed E-state index contributed by atoms with van der Waals surface area (Å²) in [5.74, 6) is 0. The van der Waals surface area contributed by atoms with Crippen LogP contribution in [0.15, 0.2) is 0 Å². The summed E-state index contributed by atoms with van der Waals surface area (Å²) in [4.78, 5) is 0. The fraction of sp³-hybridized carbons (Fsp3) is 1.00. The van der Waals surface area contributed by atoms with Gasteiger partial charge >= 0.3 is 0 Å². The van der Waals surface area contributed by atoms with Crippen LogP contribution >= 0.6 is 0 Å². The molecular formula is C7H20N2O2Si. The molecule has 3 N–H and O–H groups in total. The van der Waals surface area contributed by atoms with Crippen molar-refractivity contribution >= 4 is 10.5 Å². The molecule has 0 aliphatic carbocycles. The predicted octanol–water partition coefficient (Wildman–Crippen LogP) is -1.42. The molecule has 0 radical (unpaired) electrons. The van der Waals surface area contributed by atoms with Gasteiger partial charge in [-0.05, 0) is 19.9 Å². The molecule has 1 unspecified atom stereocenters. The Bertz CT molecular complexity index is 95.5. The van der Waals surface area contributed by atoms with Crippen molar-refractivity contribution in [3.63, 3.8) is 0 Å². The molecule has 0 aromatic rings. The molecule has 0 heterocycles. The minimum Gasteiger partial charge on any atom is -0.404 e. The largest absolute Gasteiger partial charge is 0.404 e. The van der Waals surface area contributed by atoms with Crippen molar-refractivity contribution in [3.8, 4) is 0 Å². The quantitative estimate of drug-likeness (QED) is 0.282. The highest BCUT2D eigenvalue weighted by atomic mass is 28.2. The zero-order chi connectivity index (χ0) is 9.23. The van der Waals surface area contributed by atoms with Crippen LogP contribution in [0.25, 0.3) is 0 Å². The van der Waals surface area contributed by atoms with Gasteiger partial charge in [0.05, 0.1) is 6.61 Å². The van der Waals surface area contributed by atoms with E-state index in [9.17, 15) is 0 Å². The van der Waals surface area contributed by atoms with Crippen molar-refractivity contribution in [2.75, 3.05) is 26.2 Å². The number of rotatable bonds is 8. The Balaban J connectivity index is 2.90. The van der Waals surface area contributed by atoms with E-state index in [1.807, 2.05) is 6.92 Å². The van der Waals surface area contributed by atoms with Gasteiger partial charge in [-0.1, -0.05) is 0 Å². The van der Waals surface area contributed by atoms with E-state index in [1.54, 1.807) is 0 Å². The van der Waals surface area contributed by atoms with Crippen LogP contribution in [0.1, 0.15) is 13.3 Å². The molecule has 0 bridgehead atoms. The third-order valence-electron chi connectivity index (χ3n) is 1.50. The summed E-state index contributed by atoms with van der Waals surface area (Å²) < 4.78 is 10.4. The van der Waals surface area contributed by atoms with E-state index >= 15 is 0 Å². The van der Waals surface area contributed by atoms with Crippen LogP contribution in [0.3, 0.4) is 0 Å². The molecule has 5 heteroatoms. The normalized spacial score (nSPS) is 13.5. The lowest BCUT2D eigenvalue weighted by atomic mass is 10.4. The molecule has 0 aliphatic heterocycles. The van der Waals surface area contributed by atoms with Gasteiger partial charge in [0.1, 0.15) is 16.8 Å². The van der Waals surface area contributed by atoms with Crippen molar-refractivity contribution in [3.05, 3.63) is 0 Å². The van der Waals surface area contributed by atoms with Gasteiger partial charge in [0.2, 0.25) is 0 Å². The van der Waals surface area contributed by atoms with Crippen molar-refractivity contribution in [2.24, 2.45) is 5.73 Å². The Morgan fingerprint density at radius 2 is 2.25 bits per heavy atom. The first-order valence-electron chi connectivity index (χ1n) is 4.36. The number of hydrogen-bond donors (Lipinski definition) is 2. The van der Waals surface area contributed by atoms with Gasteiger partial charge in [0.25, 0.3) is 0 Å². The SMILES string of the molecule is CC(O[SiH3])OCCCNCCN. The molecule has 1 atom stereocenters. The van der Waals surface area contributed by atoms with Gasteiger partial charge in [-0.25, -0.2) is 0 Å². The Labute approximate surface area is 77.3 Å². The first-order chi connectivity index (χ1) is 5.81. The Hall–Kier alpha value is 0.0569. The van der Waals surface area contributed by atoms with Crippen LogP contribution in [0.4, 0.5) is 0 Å². The van der Waals surface area contributed by atoms with Crippen LogP contribution in [0, 0.1) is 0 Å². The topological polar surface area (TPSA) is 56.5 Å². The van der Waals surface area contributed by atoms with Crippen molar-refractivity contribution in [2.45, 2.75) is 19.6 Å². The molecule has 0 amide bonds. The van der Waals surface area contributed by atoms with E-state index in [-0.39, 0.29) is 6.29 Å². The lowest BCUT2D eigenvalue weighted by molar-refractivity contribution is -0.0632. The maximum Gasteiger partial charge on any atom is 0.149 e. The highest BCUT2D eigenvalue weighted by Gasteiger charge is 1.96. The highest BCUT2D eigenvalue weighted by molar-refractivity contribution is 5.98. The molecule has 74 valence electrons. The summed E-state index contributed by atoms with van der Waals surface area (Å²) in [5, 5.41) is 3.19. The summed E-state index contributed by atoms with van der Waals surface area (Å²) in [7, 11) is 0.736. The number of ether oxygens (including phenoxy) is 1. The van der Waals surface area contributed by atoms with Crippen LogP contribution in [0.2, 0.25) is 0 Å². The first kappa shape index (κ1) is 12.1. The molecule has 0 aliphatic rings. The van der Waals surface area contributed by atoms with Crippen LogP contribution < -0.4 is 11.1 Å². The molecule has 4 nitrogen and oxygen atoms in total. The molecule has 0 aromatic carbocycles. The first-order valence-corrected chi connectivity index (χ1v) is 5.18. The van der Waals surface area contributed by atoms with Gasteiger partial charge in [0, 0.05) is 13.1 Å². The fourth-order valence-corrected chi connectivity index (χ4v) is 0.878. The van der Waals surface area contributed by atoms with Crippen LogP contribution in [0.5, 0.6) is 0 Å². The minimum atomic E-state index is -0.0359. The third kappa shape index (κ3) is 8.16. The van der Waals surface area contributed by atoms with E-state index in [2.05, 4.69) is 5.32 Å². The molecule has 0 saturated heterocycles. The zero-order valence-corrected chi connectivity index (χ0v) is 10.0. The number of hydrogen-bond acceptors (Lipinski definition) is 4. The van der Waals surface area contributed by atoms with Gasteiger partial charge < -0.3 is 20.2 Å². The monoisotopic (exact) mass is 192 g/mol. The molecule has 0 spiro atoms. The molecule has 0 fully saturated rings. The van der Waals surface area contributed by atoms with Gasteiger partial charge in [-0.2, -0.15) is 0 Å². The van der Waals surface area contributed by atoms with E-state index in [1.165, 1.54) is 0 Å². The van der Waals surface area contributed by atoms with E-state index in [4.69, 9.17) is 14.9 Å². The van der Waals surface area contributed by atoms with Gasteiger partial charge in [-0.3, -0.25) is 0 Å². The van der Waals surface area contributed by atoms with Crippen LogP contribution in [-0.2, 0) is 9.16 Å². The maximum absolute atomic E-state index is 5.31. The molecule has 0 saturated carbocycles. The summed E-state index contributed by atoms with van der Waals surface area (Å²) in [6.07, 6.45) is 0.973. The third-order valence-corrected chi connectivity index (χ3v) is 2.17. The lowest BCUT2D eigenvalue weighted by Gasteiger charge is -2.11. The van der Waals surface area contributed by atoms with Crippen LogP contribution in [-0.4, -0.2) is 43.0 Å². The Kier molecular flexibility index (Phi) is 9.19.